The molecule has 2 atom stereocenters. The molecular weight excluding hydrogens is 488 g/mol. The van der Waals surface area contributed by atoms with Gasteiger partial charge in [-0.15, -0.1) is 5.10 Å². The first-order valence-corrected chi connectivity index (χ1v) is 12.6. The fraction of sp³-hybridized carbons (Fsp3) is 0.560. The van der Waals surface area contributed by atoms with Crippen LogP contribution in [0.3, 0.4) is 0 Å². The molecule has 1 aromatic heterocycles. The Morgan fingerprint density at radius 3 is 2.49 bits per heavy atom. The second kappa shape index (κ2) is 8.86. The van der Waals surface area contributed by atoms with Crippen molar-refractivity contribution < 1.29 is 32.7 Å². The topological polar surface area (TPSA) is 129 Å². The molecule has 6 rings (SSSR count). The maximum Gasteiger partial charge on any atom is 0.315 e. The first-order valence-electron chi connectivity index (χ1n) is 12.6. The fourth-order valence-electron chi connectivity index (χ4n) is 6.24. The minimum Gasteiger partial charge on any atom is -0.408 e. The maximum absolute atomic E-state index is 15.1. The van der Waals surface area contributed by atoms with Crippen LogP contribution in [0.2, 0.25) is 0 Å². The lowest BCUT2D eigenvalue weighted by molar-refractivity contribution is -0.153. The number of aromatic nitrogens is 2. The highest BCUT2D eigenvalue weighted by atomic mass is 19.1. The summed E-state index contributed by atoms with van der Waals surface area (Å²) in [5.41, 5.74) is 0.0300. The van der Waals surface area contributed by atoms with Crippen molar-refractivity contribution in [3.63, 3.8) is 0 Å². The predicted octanol–water partition coefficient (Wildman–Crippen LogP) is 2.80. The Morgan fingerprint density at radius 2 is 1.84 bits per heavy atom. The third-order valence-corrected chi connectivity index (χ3v) is 8.39. The number of carbonyl (C=O) groups excluding carboxylic acids is 3. The molecule has 37 heavy (non-hydrogen) atoms. The number of carbonyl (C=O) groups is 3. The van der Waals surface area contributed by atoms with Crippen molar-refractivity contribution in [1.82, 2.24) is 15.1 Å². The van der Waals surface area contributed by atoms with E-state index in [2.05, 4.69) is 15.5 Å². The van der Waals surface area contributed by atoms with Gasteiger partial charge in [0, 0.05) is 36.6 Å². The Labute approximate surface area is 211 Å². The zero-order valence-electron chi connectivity index (χ0n) is 20.1. The summed E-state index contributed by atoms with van der Waals surface area (Å²) < 4.78 is 35.9. The van der Waals surface area contributed by atoms with Crippen LogP contribution in [0, 0.1) is 17.0 Å². The zero-order valence-corrected chi connectivity index (χ0v) is 20.1. The lowest BCUT2D eigenvalue weighted by Gasteiger charge is -2.53. The molecule has 2 N–H and O–H groups in total. The van der Waals surface area contributed by atoms with Crippen LogP contribution in [0.25, 0.3) is 0 Å². The summed E-state index contributed by atoms with van der Waals surface area (Å²) in [4.78, 5) is 38.8. The first-order chi connectivity index (χ1) is 17.8. The van der Waals surface area contributed by atoms with E-state index in [1.807, 2.05) is 0 Å². The molecule has 1 unspecified atom stereocenters. The van der Waals surface area contributed by atoms with Crippen LogP contribution in [0.1, 0.15) is 74.7 Å². The molecule has 10 nitrogen and oxygen atoms in total. The summed E-state index contributed by atoms with van der Waals surface area (Å²) in [7, 11) is 0. The van der Waals surface area contributed by atoms with Crippen LogP contribution in [-0.2, 0) is 14.4 Å². The number of aliphatic hydroxyl groups excluding tert-OH is 1. The number of halogens is 2. The smallest absolute Gasteiger partial charge is 0.315 e. The molecule has 196 valence electrons. The van der Waals surface area contributed by atoms with Crippen molar-refractivity contribution in [2.75, 3.05) is 23.5 Å². The quantitative estimate of drug-likeness (QED) is 0.562. The number of benzene rings is 1. The summed E-state index contributed by atoms with van der Waals surface area (Å²) >= 11 is 0. The van der Waals surface area contributed by atoms with E-state index in [0.717, 1.165) is 25.0 Å². The minimum absolute atomic E-state index is 0.0258. The monoisotopic (exact) mass is 515 g/mol. The van der Waals surface area contributed by atoms with Gasteiger partial charge in [-0.3, -0.25) is 19.3 Å². The van der Waals surface area contributed by atoms with Crippen molar-refractivity contribution in [3.8, 4) is 0 Å². The molecule has 1 aromatic carbocycles. The molecule has 0 radical (unpaired) electrons. The highest BCUT2D eigenvalue weighted by Crippen LogP contribution is 2.61. The van der Waals surface area contributed by atoms with Crippen molar-refractivity contribution in [2.45, 2.75) is 69.2 Å². The molecule has 2 aliphatic heterocycles. The van der Waals surface area contributed by atoms with E-state index in [4.69, 9.17) is 4.42 Å². The van der Waals surface area contributed by atoms with Gasteiger partial charge in [-0.25, -0.2) is 8.78 Å². The van der Waals surface area contributed by atoms with Crippen LogP contribution in [0.15, 0.2) is 16.5 Å². The fourth-order valence-corrected chi connectivity index (χ4v) is 6.24. The van der Waals surface area contributed by atoms with Crippen molar-refractivity contribution >= 4 is 29.4 Å². The molecule has 3 heterocycles. The highest BCUT2D eigenvalue weighted by molar-refractivity contribution is 6.01. The number of likely N-dealkylation sites (tertiary alicyclic amines) is 1. The molecule has 4 fully saturated rings. The maximum atomic E-state index is 15.1. The van der Waals surface area contributed by atoms with Gasteiger partial charge in [0.2, 0.25) is 23.6 Å². The molecule has 1 spiro atoms. The van der Waals surface area contributed by atoms with Gasteiger partial charge in [-0.2, -0.15) is 0 Å². The van der Waals surface area contributed by atoms with Crippen molar-refractivity contribution in [2.24, 2.45) is 5.41 Å². The number of aliphatic hydroxyl groups is 1. The molecule has 0 bridgehead atoms. The molecule has 12 heteroatoms. The summed E-state index contributed by atoms with van der Waals surface area (Å²) in [5, 5.41) is 20.6. The Kier molecular flexibility index (Phi) is 5.74. The summed E-state index contributed by atoms with van der Waals surface area (Å²) in [6.07, 6.45) is 5.85. The van der Waals surface area contributed by atoms with E-state index in [1.54, 1.807) is 0 Å². The number of hydrogen-bond donors (Lipinski definition) is 2. The lowest BCUT2D eigenvalue weighted by Crippen LogP contribution is -2.45. The third kappa shape index (κ3) is 4.07. The van der Waals surface area contributed by atoms with Gasteiger partial charge >= 0.3 is 6.01 Å². The van der Waals surface area contributed by atoms with Crippen LogP contribution in [-0.4, -0.2) is 57.2 Å². The average Bonchev–Trinajstić information content (AvgIpc) is 3.39. The van der Waals surface area contributed by atoms with Crippen LogP contribution >= 0.6 is 0 Å². The minimum atomic E-state index is -1.23. The van der Waals surface area contributed by atoms with E-state index in [9.17, 15) is 19.5 Å². The predicted molar refractivity (Wildman–Crippen MR) is 124 cm³/mol. The zero-order chi connectivity index (χ0) is 25.9. The van der Waals surface area contributed by atoms with E-state index >= 15 is 8.78 Å². The largest absolute Gasteiger partial charge is 0.408 e. The number of imide groups is 1. The number of nitrogens with one attached hydrogen (secondary N) is 1. The number of nitrogens with zero attached hydrogens (tertiary/aromatic N) is 4. The van der Waals surface area contributed by atoms with Gasteiger partial charge in [0.15, 0.2) is 0 Å². The van der Waals surface area contributed by atoms with E-state index < -0.39 is 47.7 Å². The second-order valence-corrected chi connectivity index (χ2v) is 10.7. The Morgan fingerprint density at radius 1 is 1.11 bits per heavy atom. The molecule has 2 saturated heterocycles. The van der Waals surface area contributed by atoms with Crippen molar-refractivity contribution in [3.05, 3.63) is 35.2 Å². The number of amides is 3. The molecule has 4 aliphatic rings. The number of anilines is 2. The summed E-state index contributed by atoms with van der Waals surface area (Å²) in [6.45, 7) is -0.717. The van der Waals surface area contributed by atoms with Gasteiger partial charge < -0.3 is 19.7 Å². The third-order valence-electron chi connectivity index (χ3n) is 8.39. The number of hydrogen-bond acceptors (Lipinski definition) is 8. The Bertz CT molecular complexity index is 1250. The molecule has 3 amide bonds. The number of rotatable bonds is 6. The molecular formula is C25H27F2N5O5. The summed E-state index contributed by atoms with van der Waals surface area (Å²) in [5.74, 6) is -4.12. The van der Waals surface area contributed by atoms with E-state index in [-0.39, 0.29) is 49.3 Å². The Hall–Kier alpha value is -3.41. The SMILES string of the molecule is O=C1CCC(c2c(F)cc(N3C[C@H](Nc4nnc(C5CC6(CCC6)C5)o4)CC3=O)cc2F)C(=O)N1CO. The summed E-state index contributed by atoms with van der Waals surface area (Å²) in [6, 6.07) is 1.86. The lowest BCUT2D eigenvalue weighted by atomic mass is 9.52. The van der Waals surface area contributed by atoms with Gasteiger partial charge in [-0.1, -0.05) is 11.5 Å². The average molecular weight is 516 g/mol. The van der Waals surface area contributed by atoms with Crippen LogP contribution in [0.4, 0.5) is 20.5 Å². The molecule has 2 saturated carbocycles. The van der Waals surface area contributed by atoms with Gasteiger partial charge in [0.25, 0.3) is 0 Å². The molecule has 2 aliphatic carbocycles. The van der Waals surface area contributed by atoms with Crippen LogP contribution < -0.4 is 10.2 Å². The first kappa shape index (κ1) is 24.0. The van der Waals surface area contributed by atoms with E-state index in [1.165, 1.54) is 24.2 Å². The van der Waals surface area contributed by atoms with Crippen LogP contribution in [0.5, 0.6) is 0 Å². The van der Waals surface area contributed by atoms with Gasteiger partial charge in [0.1, 0.15) is 18.4 Å². The molecule has 2 aromatic rings. The highest BCUT2D eigenvalue weighted by Gasteiger charge is 2.50. The number of piperidine rings is 1. The van der Waals surface area contributed by atoms with E-state index in [0.29, 0.717) is 16.2 Å². The van der Waals surface area contributed by atoms with Crippen molar-refractivity contribution in [1.29, 1.82) is 0 Å². The standard InChI is InChI=1S/C25H27F2N5O5/c26-17-7-15(8-18(27)21(17)16-2-3-19(34)32(12-33)23(16)36)31-11-14(6-20(31)35)28-24-30-29-22(37-24)13-9-25(10-13)4-1-5-25/h7-8,13-14,16,33H,1-6,9-12H2,(H,28,30)/t14-,16?/m1/s1. The van der Waals surface area contributed by atoms with Gasteiger partial charge in [-0.05, 0) is 49.7 Å². The van der Waals surface area contributed by atoms with Gasteiger partial charge in [0.05, 0.1) is 12.0 Å². The second-order valence-electron chi connectivity index (χ2n) is 10.7. The Balaban J connectivity index is 1.13. The normalized spacial score (nSPS) is 25.5.